The van der Waals surface area contributed by atoms with E-state index in [0.717, 1.165) is 19.3 Å². The van der Waals surface area contributed by atoms with Crippen LogP contribution in [0.4, 0.5) is 0 Å². The molecule has 0 spiro atoms. The van der Waals surface area contributed by atoms with E-state index in [0.29, 0.717) is 18.6 Å². The van der Waals surface area contributed by atoms with E-state index in [9.17, 15) is 15.0 Å². The van der Waals surface area contributed by atoms with E-state index in [2.05, 4.69) is 19.6 Å². The van der Waals surface area contributed by atoms with Crippen LogP contribution in [0.1, 0.15) is 39.5 Å². The quantitative estimate of drug-likeness (QED) is 0.616. The van der Waals surface area contributed by atoms with Gasteiger partial charge in [0.05, 0.1) is 18.3 Å². The van der Waals surface area contributed by atoms with Crippen LogP contribution in [-0.4, -0.2) is 35.5 Å². The lowest BCUT2D eigenvalue weighted by Crippen LogP contribution is -2.57. The van der Waals surface area contributed by atoms with E-state index in [1.165, 1.54) is 5.57 Å². The maximum absolute atomic E-state index is 11.7. The van der Waals surface area contributed by atoms with Gasteiger partial charge in [-0.25, -0.2) is 4.79 Å². The van der Waals surface area contributed by atoms with Gasteiger partial charge in [0.25, 0.3) is 0 Å². The molecule has 5 atom stereocenters. The van der Waals surface area contributed by atoms with Gasteiger partial charge in [-0.1, -0.05) is 38.2 Å². The zero-order chi connectivity index (χ0) is 17.5. The minimum Gasteiger partial charge on any atom is -0.458 e. The van der Waals surface area contributed by atoms with Crippen molar-refractivity contribution in [1.29, 1.82) is 0 Å². The largest absolute Gasteiger partial charge is 0.458 e. The van der Waals surface area contributed by atoms with Crippen molar-refractivity contribution in [2.75, 3.05) is 13.2 Å². The summed E-state index contributed by atoms with van der Waals surface area (Å²) in [5.41, 5.74) is 1.24. The van der Waals surface area contributed by atoms with Crippen molar-refractivity contribution in [3.8, 4) is 0 Å². The molecule has 4 nitrogen and oxygen atoms in total. The van der Waals surface area contributed by atoms with Gasteiger partial charge in [-0.3, -0.25) is 0 Å². The number of carbonyl (C=O) groups is 1. The number of carbonyl (C=O) groups excluding carboxylic acids is 1. The second-order valence-electron chi connectivity index (χ2n) is 8.07. The van der Waals surface area contributed by atoms with Gasteiger partial charge >= 0.3 is 5.97 Å². The summed E-state index contributed by atoms with van der Waals surface area (Å²) in [5, 5.41) is 20.5. The Morgan fingerprint density at radius 2 is 2.17 bits per heavy atom. The van der Waals surface area contributed by atoms with Gasteiger partial charge in [0, 0.05) is 11.3 Å². The third-order valence-electron chi connectivity index (χ3n) is 6.78. The zero-order valence-electron chi connectivity index (χ0n) is 14.6. The van der Waals surface area contributed by atoms with Crippen LogP contribution in [0, 0.1) is 22.7 Å². The Bertz CT molecular complexity index is 605. The SMILES string of the molecule is C=C1CC[C@H]2C(C)(CCC(O)[C@@]2(C)CO)C1/C=C/C1=CCOC1=O. The Hall–Kier alpha value is -1.39. The second kappa shape index (κ2) is 6.16. The van der Waals surface area contributed by atoms with Crippen molar-refractivity contribution < 1.29 is 19.7 Å². The molecule has 1 heterocycles. The van der Waals surface area contributed by atoms with E-state index in [4.69, 9.17) is 4.74 Å². The molecule has 2 aliphatic carbocycles. The summed E-state index contributed by atoms with van der Waals surface area (Å²) in [6, 6.07) is 0. The van der Waals surface area contributed by atoms with Crippen LogP contribution in [0.5, 0.6) is 0 Å². The molecule has 4 heteroatoms. The molecule has 0 aromatic carbocycles. The first-order valence-corrected chi connectivity index (χ1v) is 8.85. The number of fused-ring (bicyclic) bond motifs is 1. The number of hydrogen-bond donors (Lipinski definition) is 2. The summed E-state index contributed by atoms with van der Waals surface area (Å²) in [6.07, 6.45) is 8.69. The maximum atomic E-state index is 11.7. The molecular weight excluding hydrogens is 304 g/mol. The topological polar surface area (TPSA) is 66.8 Å². The molecule has 3 unspecified atom stereocenters. The number of rotatable bonds is 3. The Labute approximate surface area is 143 Å². The summed E-state index contributed by atoms with van der Waals surface area (Å²) in [7, 11) is 0. The van der Waals surface area contributed by atoms with Crippen LogP contribution in [0.25, 0.3) is 0 Å². The lowest BCUT2D eigenvalue weighted by molar-refractivity contribution is -0.145. The first-order valence-electron chi connectivity index (χ1n) is 8.85. The molecule has 3 rings (SSSR count). The second-order valence-corrected chi connectivity index (χ2v) is 8.07. The van der Waals surface area contributed by atoms with Gasteiger partial charge in [0.15, 0.2) is 0 Å². The lowest BCUT2D eigenvalue weighted by Gasteiger charge is -2.59. The summed E-state index contributed by atoms with van der Waals surface area (Å²) in [4.78, 5) is 11.7. The Kier molecular flexibility index (Phi) is 4.47. The Morgan fingerprint density at radius 3 is 2.79 bits per heavy atom. The van der Waals surface area contributed by atoms with E-state index in [-0.39, 0.29) is 29.8 Å². The number of esters is 1. The van der Waals surface area contributed by atoms with Crippen LogP contribution in [0.3, 0.4) is 0 Å². The first kappa shape index (κ1) is 17.4. The molecule has 1 aliphatic heterocycles. The summed E-state index contributed by atoms with van der Waals surface area (Å²) in [6.45, 7) is 8.87. The van der Waals surface area contributed by atoms with Gasteiger partial charge in [-0.15, -0.1) is 0 Å². The van der Waals surface area contributed by atoms with Gasteiger partial charge in [-0.05, 0) is 43.1 Å². The molecule has 0 aromatic heterocycles. The third-order valence-corrected chi connectivity index (χ3v) is 6.78. The highest BCUT2D eigenvalue weighted by molar-refractivity contribution is 5.93. The van der Waals surface area contributed by atoms with E-state index in [1.807, 2.05) is 13.0 Å². The predicted octanol–water partition coefficient (Wildman–Crippen LogP) is 2.77. The highest BCUT2D eigenvalue weighted by Crippen LogP contribution is 2.61. The van der Waals surface area contributed by atoms with Crippen molar-refractivity contribution in [1.82, 2.24) is 0 Å². The number of ether oxygens (including phenoxy) is 1. The fraction of sp³-hybridized carbons (Fsp3) is 0.650. The maximum Gasteiger partial charge on any atom is 0.338 e. The highest BCUT2D eigenvalue weighted by atomic mass is 16.5. The zero-order valence-corrected chi connectivity index (χ0v) is 14.6. The molecular formula is C20H28O4. The van der Waals surface area contributed by atoms with Crippen molar-refractivity contribution in [2.45, 2.75) is 45.6 Å². The minimum absolute atomic E-state index is 0.00515. The van der Waals surface area contributed by atoms with Gasteiger partial charge < -0.3 is 14.9 Å². The normalized spacial score (nSPS) is 42.8. The summed E-state index contributed by atoms with van der Waals surface area (Å²) >= 11 is 0. The summed E-state index contributed by atoms with van der Waals surface area (Å²) in [5.74, 6) is 0.0981. The van der Waals surface area contributed by atoms with Crippen molar-refractivity contribution in [3.63, 3.8) is 0 Å². The molecule has 0 bridgehead atoms. The van der Waals surface area contributed by atoms with Crippen LogP contribution >= 0.6 is 0 Å². The third kappa shape index (κ3) is 2.56. The molecule has 3 aliphatic rings. The van der Waals surface area contributed by atoms with Gasteiger partial charge in [0.2, 0.25) is 0 Å². The molecule has 2 fully saturated rings. The van der Waals surface area contributed by atoms with Crippen LogP contribution in [-0.2, 0) is 9.53 Å². The number of cyclic esters (lactones) is 1. The number of aliphatic hydroxyl groups excluding tert-OH is 2. The van der Waals surface area contributed by atoms with Crippen molar-refractivity contribution in [3.05, 3.63) is 36.0 Å². The van der Waals surface area contributed by atoms with Crippen molar-refractivity contribution >= 4 is 5.97 Å². The van der Waals surface area contributed by atoms with Crippen LogP contribution in [0.15, 0.2) is 36.0 Å². The van der Waals surface area contributed by atoms with Crippen LogP contribution < -0.4 is 0 Å². The fourth-order valence-corrected chi connectivity index (χ4v) is 5.20. The van der Waals surface area contributed by atoms with Crippen LogP contribution in [0.2, 0.25) is 0 Å². The summed E-state index contributed by atoms with van der Waals surface area (Å²) < 4.78 is 4.96. The fourth-order valence-electron chi connectivity index (χ4n) is 5.20. The van der Waals surface area contributed by atoms with E-state index >= 15 is 0 Å². The molecule has 0 radical (unpaired) electrons. The molecule has 0 saturated heterocycles. The average Bonchev–Trinajstić information content (AvgIpc) is 2.96. The number of allylic oxidation sites excluding steroid dienone is 2. The number of aliphatic hydroxyl groups is 2. The Balaban J connectivity index is 1.92. The van der Waals surface area contributed by atoms with E-state index in [1.54, 1.807) is 6.08 Å². The minimum atomic E-state index is -0.481. The lowest BCUT2D eigenvalue weighted by atomic mass is 9.46. The van der Waals surface area contributed by atoms with Crippen molar-refractivity contribution in [2.24, 2.45) is 22.7 Å². The van der Waals surface area contributed by atoms with Gasteiger partial charge in [-0.2, -0.15) is 0 Å². The Morgan fingerprint density at radius 1 is 1.42 bits per heavy atom. The smallest absolute Gasteiger partial charge is 0.338 e. The van der Waals surface area contributed by atoms with Gasteiger partial charge in [0.1, 0.15) is 6.61 Å². The van der Waals surface area contributed by atoms with E-state index < -0.39 is 11.5 Å². The average molecular weight is 332 g/mol. The first-order chi connectivity index (χ1) is 11.3. The molecule has 24 heavy (non-hydrogen) atoms. The molecule has 132 valence electrons. The molecule has 0 aromatic rings. The predicted molar refractivity (Wildman–Crippen MR) is 92.1 cm³/mol. The standard InChI is InChI=1S/C20H28O4/c1-13-4-7-16-19(2,10-8-17(22)20(16,3)12-21)15(13)6-5-14-9-11-24-18(14)23/h5-6,9,15-17,21-22H,1,4,7-8,10-12H2,2-3H3/b6-5+/t15?,16-,17?,19?,20-/m0/s1. The highest BCUT2D eigenvalue weighted by Gasteiger charge is 2.57. The molecule has 2 saturated carbocycles. The molecule has 0 amide bonds. The number of hydrogen-bond acceptors (Lipinski definition) is 4. The monoisotopic (exact) mass is 332 g/mol. The molecule has 2 N–H and O–H groups in total.